The summed E-state index contributed by atoms with van der Waals surface area (Å²) in [6.45, 7) is 0.275. The smallest absolute Gasteiger partial charge is 0.257 e. The van der Waals surface area contributed by atoms with Crippen molar-refractivity contribution >= 4 is 23.2 Å². The minimum atomic E-state index is -0.992. The lowest BCUT2D eigenvalue weighted by Crippen LogP contribution is -2.58. The van der Waals surface area contributed by atoms with Crippen LogP contribution in [-0.2, 0) is 16.9 Å². The highest BCUT2D eigenvalue weighted by Crippen LogP contribution is 2.43. The van der Waals surface area contributed by atoms with Crippen molar-refractivity contribution in [3.63, 3.8) is 0 Å². The van der Waals surface area contributed by atoms with Crippen molar-refractivity contribution < 1.29 is 19.0 Å². The number of carbonyl (C=O) groups excluding carboxylic acids is 1. The van der Waals surface area contributed by atoms with Gasteiger partial charge in [-0.05, 0) is 55.2 Å². The molecule has 3 N–H and O–H groups in total. The predicted octanol–water partition coefficient (Wildman–Crippen LogP) is 4.70. The lowest BCUT2D eigenvalue weighted by molar-refractivity contribution is -0.0388. The standard InChI is InChI=1S/C28H29FN2O3S/c29-25-14-8-7-13-24(25)28(31-27(35)30-26(33)21-11-5-2-6-12-21)16-15-23(17-22(28)18-32)34-19-20-9-3-1-4-10-20/h1-14,22-23,32H,15-19H2,(H2,30,31,33,35)/t22-,23+,28-/m0/s1. The summed E-state index contributed by atoms with van der Waals surface area (Å²) in [5, 5.41) is 16.4. The Bertz CT molecular complexity index is 1150. The number of halogens is 1. The van der Waals surface area contributed by atoms with Crippen LogP contribution < -0.4 is 10.6 Å². The van der Waals surface area contributed by atoms with E-state index in [0.717, 1.165) is 5.56 Å². The molecule has 0 unspecified atom stereocenters. The van der Waals surface area contributed by atoms with E-state index >= 15 is 4.39 Å². The van der Waals surface area contributed by atoms with Crippen LogP contribution in [0.3, 0.4) is 0 Å². The van der Waals surface area contributed by atoms with Crippen LogP contribution in [0.4, 0.5) is 4.39 Å². The van der Waals surface area contributed by atoms with Crippen LogP contribution in [0.15, 0.2) is 84.9 Å². The Morgan fingerprint density at radius 1 is 1.03 bits per heavy atom. The number of hydrogen-bond donors (Lipinski definition) is 3. The number of nitrogens with one attached hydrogen (secondary N) is 2. The van der Waals surface area contributed by atoms with Gasteiger partial charge in [-0.1, -0.05) is 66.7 Å². The van der Waals surface area contributed by atoms with Crippen molar-refractivity contribution in [1.82, 2.24) is 10.6 Å². The van der Waals surface area contributed by atoms with Gasteiger partial charge < -0.3 is 15.2 Å². The maximum Gasteiger partial charge on any atom is 0.257 e. The third-order valence-electron chi connectivity index (χ3n) is 6.61. The first kappa shape index (κ1) is 25.0. The highest BCUT2D eigenvalue weighted by atomic mass is 32.1. The van der Waals surface area contributed by atoms with Gasteiger partial charge in [0.15, 0.2) is 5.11 Å². The van der Waals surface area contributed by atoms with Gasteiger partial charge in [0.1, 0.15) is 5.82 Å². The number of hydrogen-bond acceptors (Lipinski definition) is 4. The number of amides is 1. The van der Waals surface area contributed by atoms with Crippen LogP contribution in [0.25, 0.3) is 0 Å². The molecule has 5 nitrogen and oxygen atoms in total. The number of aliphatic hydroxyl groups is 1. The first-order valence-corrected chi connectivity index (χ1v) is 12.1. The molecular formula is C28H29FN2O3S. The van der Waals surface area contributed by atoms with Crippen molar-refractivity contribution in [2.75, 3.05) is 6.61 Å². The van der Waals surface area contributed by atoms with E-state index in [0.29, 0.717) is 37.0 Å². The SMILES string of the molecule is O=C(NC(=S)N[C@@]1(c2ccccc2F)CC[C@@H](OCc2ccccc2)C[C@H]1CO)c1ccccc1. The molecule has 0 saturated heterocycles. The molecular weight excluding hydrogens is 463 g/mol. The van der Waals surface area contributed by atoms with Gasteiger partial charge in [-0.3, -0.25) is 10.1 Å². The summed E-state index contributed by atoms with van der Waals surface area (Å²) >= 11 is 5.49. The van der Waals surface area contributed by atoms with Crippen LogP contribution in [0.1, 0.15) is 40.7 Å². The zero-order valence-electron chi connectivity index (χ0n) is 19.3. The summed E-state index contributed by atoms with van der Waals surface area (Å²) in [6, 6.07) is 25.1. The van der Waals surface area contributed by atoms with Gasteiger partial charge in [0.05, 0.1) is 18.2 Å². The summed E-state index contributed by atoms with van der Waals surface area (Å²) in [5.41, 5.74) is 0.959. The zero-order valence-corrected chi connectivity index (χ0v) is 20.1. The van der Waals surface area contributed by atoms with Gasteiger partial charge in [-0.15, -0.1) is 0 Å². The highest BCUT2D eigenvalue weighted by molar-refractivity contribution is 7.80. The number of carbonyl (C=O) groups is 1. The minimum absolute atomic E-state index is 0.0872. The monoisotopic (exact) mass is 492 g/mol. The molecule has 0 bridgehead atoms. The quantitative estimate of drug-likeness (QED) is 0.417. The maximum atomic E-state index is 15.1. The fraction of sp³-hybridized carbons (Fsp3) is 0.286. The number of rotatable bonds is 7. The number of benzene rings is 3. The number of aliphatic hydroxyl groups excluding tert-OH is 1. The van der Waals surface area contributed by atoms with Crippen LogP contribution in [0.5, 0.6) is 0 Å². The molecule has 1 fully saturated rings. The Balaban J connectivity index is 1.54. The average molecular weight is 493 g/mol. The third kappa shape index (κ3) is 5.93. The second-order valence-corrected chi connectivity index (χ2v) is 9.21. The number of thiocarbonyl (C=S) groups is 1. The molecule has 0 spiro atoms. The van der Waals surface area contributed by atoms with Gasteiger partial charge in [0, 0.05) is 23.7 Å². The fourth-order valence-corrected chi connectivity index (χ4v) is 5.08. The summed E-state index contributed by atoms with van der Waals surface area (Å²) in [7, 11) is 0. The van der Waals surface area contributed by atoms with E-state index in [-0.39, 0.29) is 35.5 Å². The first-order chi connectivity index (χ1) is 17.0. The Morgan fingerprint density at radius 2 is 1.69 bits per heavy atom. The first-order valence-electron chi connectivity index (χ1n) is 11.7. The van der Waals surface area contributed by atoms with Gasteiger partial charge in [-0.25, -0.2) is 4.39 Å². The molecule has 35 heavy (non-hydrogen) atoms. The molecule has 182 valence electrons. The van der Waals surface area contributed by atoms with Crippen LogP contribution in [0.2, 0.25) is 0 Å². The normalized spacial score (nSPS) is 21.8. The second-order valence-electron chi connectivity index (χ2n) is 8.80. The molecule has 4 rings (SSSR count). The van der Waals surface area contributed by atoms with E-state index < -0.39 is 5.54 Å². The second kappa shape index (κ2) is 11.5. The van der Waals surface area contributed by atoms with Gasteiger partial charge >= 0.3 is 0 Å². The Morgan fingerprint density at radius 3 is 2.37 bits per heavy atom. The largest absolute Gasteiger partial charge is 0.396 e. The summed E-state index contributed by atoms with van der Waals surface area (Å²) in [4.78, 5) is 12.6. The predicted molar refractivity (Wildman–Crippen MR) is 137 cm³/mol. The van der Waals surface area contributed by atoms with Gasteiger partial charge in [0.2, 0.25) is 0 Å². The van der Waals surface area contributed by atoms with Crippen molar-refractivity contribution in [3.8, 4) is 0 Å². The van der Waals surface area contributed by atoms with Crippen molar-refractivity contribution in [3.05, 3.63) is 107 Å². The molecule has 1 saturated carbocycles. The molecule has 7 heteroatoms. The summed E-state index contributed by atoms with van der Waals surface area (Å²) < 4.78 is 21.2. The average Bonchev–Trinajstić information content (AvgIpc) is 2.89. The van der Waals surface area contributed by atoms with Crippen LogP contribution >= 0.6 is 12.2 Å². The Hall–Kier alpha value is -3.13. The van der Waals surface area contributed by atoms with E-state index in [1.165, 1.54) is 6.07 Å². The summed E-state index contributed by atoms with van der Waals surface area (Å²) in [5.74, 6) is -1.13. The lowest BCUT2D eigenvalue weighted by Gasteiger charge is -2.47. The van der Waals surface area contributed by atoms with Crippen LogP contribution in [0, 0.1) is 11.7 Å². The number of ether oxygens (including phenoxy) is 1. The van der Waals surface area contributed by atoms with E-state index in [1.807, 2.05) is 36.4 Å². The van der Waals surface area contributed by atoms with E-state index in [2.05, 4.69) is 10.6 Å². The third-order valence-corrected chi connectivity index (χ3v) is 6.81. The molecule has 0 aromatic heterocycles. The van der Waals surface area contributed by atoms with E-state index in [4.69, 9.17) is 17.0 Å². The van der Waals surface area contributed by atoms with Crippen molar-refractivity contribution in [1.29, 1.82) is 0 Å². The lowest BCUT2D eigenvalue weighted by atomic mass is 9.68. The van der Waals surface area contributed by atoms with Crippen molar-refractivity contribution in [2.24, 2.45) is 5.92 Å². The topological polar surface area (TPSA) is 70.6 Å². The Kier molecular flexibility index (Phi) is 8.23. The Labute approximate surface area is 210 Å². The van der Waals surface area contributed by atoms with E-state index in [9.17, 15) is 9.90 Å². The fourth-order valence-electron chi connectivity index (χ4n) is 4.81. The molecule has 0 aliphatic heterocycles. The van der Waals surface area contributed by atoms with Gasteiger partial charge in [0.25, 0.3) is 5.91 Å². The molecule has 0 heterocycles. The summed E-state index contributed by atoms with van der Waals surface area (Å²) in [6.07, 6.45) is 1.53. The molecule has 1 amide bonds. The minimum Gasteiger partial charge on any atom is -0.396 e. The molecule has 3 aromatic rings. The van der Waals surface area contributed by atoms with Crippen molar-refractivity contribution in [2.45, 2.75) is 37.5 Å². The van der Waals surface area contributed by atoms with Gasteiger partial charge in [-0.2, -0.15) is 0 Å². The van der Waals surface area contributed by atoms with E-state index in [1.54, 1.807) is 42.5 Å². The molecule has 1 aliphatic carbocycles. The maximum absolute atomic E-state index is 15.1. The van der Waals surface area contributed by atoms with Crippen LogP contribution in [-0.4, -0.2) is 28.8 Å². The molecule has 3 aromatic carbocycles. The molecule has 1 aliphatic rings. The molecule has 3 atom stereocenters. The zero-order chi connectivity index (χ0) is 24.7. The highest BCUT2D eigenvalue weighted by Gasteiger charge is 2.47. The molecule has 0 radical (unpaired) electrons.